The number of allylic oxidation sites excluding steroid dienone is 1. The highest BCUT2D eigenvalue weighted by Crippen LogP contribution is 2.29. The summed E-state index contributed by atoms with van der Waals surface area (Å²) >= 11 is 0. The molecule has 3 rings (SSSR count). The SMILES string of the molecule is CC1=NC2C=CC(OCCN3CCOCC3)=CC2C1. The number of morpholine rings is 1. The maximum Gasteiger partial charge on any atom is 0.115 e. The highest BCUT2D eigenvalue weighted by Gasteiger charge is 2.26. The summed E-state index contributed by atoms with van der Waals surface area (Å²) in [7, 11) is 0. The van der Waals surface area contributed by atoms with Gasteiger partial charge in [0.25, 0.3) is 0 Å². The lowest BCUT2D eigenvalue weighted by Crippen LogP contribution is -2.38. The van der Waals surface area contributed by atoms with Gasteiger partial charge in [0.05, 0.1) is 19.3 Å². The molecule has 0 radical (unpaired) electrons. The molecule has 0 aromatic carbocycles. The van der Waals surface area contributed by atoms with Gasteiger partial charge in [-0.1, -0.05) is 6.08 Å². The molecule has 0 saturated carbocycles. The normalized spacial score (nSPS) is 30.8. The zero-order chi connectivity index (χ0) is 13.1. The minimum absolute atomic E-state index is 0.353. The zero-order valence-electron chi connectivity index (χ0n) is 11.5. The molecule has 104 valence electrons. The first-order valence-electron chi connectivity index (χ1n) is 7.17. The second-order valence-electron chi connectivity index (χ2n) is 5.45. The maximum absolute atomic E-state index is 5.87. The summed E-state index contributed by atoms with van der Waals surface area (Å²) in [6, 6.07) is 0.353. The van der Waals surface area contributed by atoms with Crippen LogP contribution in [0.1, 0.15) is 13.3 Å². The number of hydrogen-bond acceptors (Lipinski definition) is 4. The summed E-state index contributed by atoms with van der Waals surface area (Å²) in [6.45, 7) is 7.60. The Labute approximate surface area is 114 Å². The van der Waals surface area contributed by atoms with Crippen molar-refractivity contribution in [3.05, 3.63) is 24.0 Å². The van der Waals surface area contributed by atoms with Crippen LogP contribution in [0.5, 0.6) is 0 Å². The van der Waals surface area contributed by atoms with Crippen LogP contribution in [-0.4, -0.2) is 56.1 Å². The van der Waals surface area contributed by atoms with Gasteiger partial charge in [0.1, 0.15) is 12.4 Å². The Morgan fingerprint density at radius 2 is 2.26 bits per heavy atom. The molecule has 1 aliphatic carbocycles. The molecule has 2 aliphatic heterocycles. The molecule has 2 heterocycles. The van der Waals surface area contributed by atoms with Crippen LogP contribution in [-0.2, 0) is 9.47 Å². The molecule has 19 heavy (non-hydrogen) atoms. The first-order chi connectivity index (χ1) is 9.31. The summed E-state index contributed by atoms with van der Waals surface area (Å²) < 4.78 is 11.2. The smallest absolute Gasteiger partial charge is 0.115 e. The van der Waals surface area contributed by atoms with Crippen LogP contribution in [0.4, 0.5) is 0 Å². The van der Waals surface area contributed by atoms with Gasteiger partial charge in [0.15, 0.2) is 0 Å². The minimum atomic E-state index is 0.353. The first kappa shape index (κ1) is 12.9. The lowest BCUT2D eigenvalue weighted by molar-refractivity contribution is 0.0280. The third kappa shape index (κ3) is 3.25. The van der Waals surface area contributed by atoms with Crippen LogP contribution in [0, 0.1) is 5.92 Å². The standard InChI is InChI=1S/C15H22N2O2/c1-12-10-13-11-14(2-3-15(13)16-12)19-9-6-17-4-7-18-8-5-17/h2-3,11,13,15H,4-10H2,1H3. The second-order valence-corrected chi connectivity index (χ2v) is 5.45. The summed E-state index contributed by atoms with van der Waals surface area (Å²) in [5.74, 6) is 1.53. The van der Waals surface area contributed by atoms with Crippen molar-refractivity contribution >= 4 is 5.71 Å². The van der Waals surface area contributed by atoms with Gasteiger partial charge in [-0.15, -0.1) is 0 Å². The van der Waals surface area contributed by atoms with Gasteiger partial charge in [-0.05, 0) is 25.5 Å². The van der Waals surface area contributed by atoms with Crippen molar-refractivity contribution in [2.75, 3.05) is 39.5 Å². The van der Waals surface area contributed by atoms with E-state index < -0.39 is 0 Å². The summed E-state index contributed by atoms with van der Waals surface area (Å²) in [5, 5.41) is 0. The van der Waals surface area contributed by atoms with Gasteiger partial charge in [-0.3, -0.25) is 9.89 Å². The van der Waals surface area contributed by atoms with Gasteiger partial charge >= 0.3 is 0 Å². The third-order valence-electron chi connectivity index (χ3n) is 3.96. The maximum atomic E-state index is 5.87. The number of nitrogens with zero attached hydrogens (tertiary/aromatic N) is 2. The highest BCUT2D eigenvalue weighted by atomic mass is 16.5. The molecule has 3 aliphatic rings. The average Bonchev–Trinajstić information content (AvgIpc) is 2.79. The van der Waals surface area contributed by atoms with E-state index >= 15 is 0 Å². The number of fused-ring (bicyclic) bond motifs is 1. The third-order valence-corrected chi connectivity index (χ3v) is 3.96. The Morgan fingerprint density at radius 3 is 3.11 bits per heavy atom. The Hall–Kier alpha value is -1.13. The van der Waals surface area contributed by atoms with Gasteiger partial charge < -0.3 is 9.47 Å². The van der Waals surface area contributed by atoms with Gasteiger partial charge in [0.2, 0.25) is 0 Å². The molecule has 0 aromatic rings. The fraction of sp³-hybridized carbons (Fsp3) is 0.667. The van der Waals surface area contributed by atoms with Crippen molar-refractivity contribution in [1.82, 2.24) is 4.90 Å². The first-order valence-corrected chi connectivity index (χ1v) is 7.17. The molecular formula is C15H22N2O2. The average molecular weight is 262 g/mol. The van der Waals surface area contributed by atoms with Crippen molar-refractivity contribution in [3.8, 4) is 0 Å². The van der Waals surface area contributed by atoms with Crippen molar-refractivity contribution in [2.45, 2.75) is 19.4 Å². The topological polar surface area (TPSA) is 34.1 Å². The van der Waals surface area contributed by atoms with E-state index in [-0.39, 0.29) is 0 Å². The summed E-state index contributed by atoms with van der Waals surface area (Å²) in [4.78, 5) is 7.00. The van der Waals surface area contributed by atoms with Crippen molar-refractivity contribution in [2.24, 2.45) is 10.9 Å². The Morgan fingerprint density at radius 1 is 1.42 bits per heavy atom. The molecule has 0 N–H and O–H groups in total. The summed E-state index contributed by atoms with van der Waals surface area (Å²) in [6.07, 6.45) is 7.56. The van der Waals surface area contributed by atoms with Gasteiger partial charge in [0, 0.05) is 31.3 Å². The largest absolute Gasteiger partial charge is 0.493 e. The van der Waals surface area contributed by atoms with E-state index in [0.717, 1.165) is 51.6 Å². The number of rotatable bonds is 4. The Balaban J connectivity index is 1.44. The van der Waals surface area contributed by atoms with Crippen molar-refractivity contribution in [3.63, 3.8) is 0 Å². The lowest BCUT2D eigenvalue weighted by atomic mass is 9.94. The van der Waals surface area contributed by atoms with Crippen LogP contribution >= 0.6 is 0 Å². The predicted octanol–water partition coefficient (Wildman–Crippen LogP) is 1.64. The van der Waals surface area contributed by atoms with Crippen LogP contribution < -0.4 is 0 Å². The molecule has 0 bridgehead atoms. The van der Waals surface area contributed by atoms with E-state index in [1.807, 2.05) is 0 Å². The van der Waals surface area contributed by atoms with E-state index in [9.17, 15) is 0 Å². The van der Waals surface area contributed by atoms with Crippen LogP contribution in [0.25, 0.3) is 0 Å². The van der Waals surface area contributed by atoms with Crippen LogP contribution in [0.2, 0.25) is 0 Å². The van der Waals surface area contributed by atoms with Crippen LogP contribution in [0.3, 0.4) is 0 Å². The Bertz CT molecular complexity index is 408. The van der Waals surface area contributed by atoms with E-state index in [1.165, 1.54) is 5.71 Å². The molecule has 0 aromatic heterocycles. The van der Waals surface area contributed by atoms with Crippen LogP contribution in [0.15, 0.2) is 29.0 Å². The van der Waals surface area contributed by atoms with E-state index in [4.69, 9.17) is 9.47 Å². The quantitative estimate of drug-likeness (QED) is 0.772. The molecule has 2 atom stereocenters. The molecule has 1 fully saturated rings. The molecular weight excluding hydrogens is 240 g/mol. The zero-order valence-corrected chi connectivity index (χ0v) is 11.5. The number of aliphatic imine (C=N–C) groups is 1. The Kier molecular flexibility index (Phi) is 3.99. The van der Waals surface area contributed by atoms with E-state index in [1.54, 1.807) is 0 Å². The molecule has 1 saturated heterocycles. The summed E-state index contributed by atoms with van der Waals surface area (Å²) in [5.41, 5.74) is 1.26. The van der Waals surface area contributed by atoms with Gasteiger partial charge in [-0.25, -0.2) is 0 Å². The molecule has 0 spiro atoms. The number of hydrogen-bond donors (Lipinski definition) is 0. The second kappa shape index (κ2) is 5.88. The fourth-order valence-corrected chi connectivity index (χ4v) is 2.88. The predicted molar refractivity (Wildman–Crippen MR) is 75.4 cm³/mol. The van der Waals surface area contributed by atoms with Crippen molar-refractivity contribution in [1.29, 1.82) is 0 Å². The molecule has 0 amide bonds. The van der Waals surface area contributed by atoms with E-state index in [2.05, 4.69) is 35.0 Å². The molecule has 4 nitrogen and oxygen atoms in total. The monoisotopic (exact) mass is 262 g/mol. The number of ether oxygens (including phenoxy) is 2. The highest BCUT2D eigenvalue weighted by molar-refractivity contribution is 5.84. The minimum Gasteiger partial charge on any atom is -0.493 e. The van der Waals surface area contributed by atoms with Crippen molar-refractivity contribution < 1.29 is 9.47 Å². The molecule has 2 unspecified atom stereocenters. The lowest BCUT2D eigenvalue weighted by Gasteiger charge is -2.26. The molecule has 4 heteroatoms. The van der Waals surface area contributed by atoms with Gasteiger partial charge in [-0.2, -0.15) is 0 Å². The fourth-order valence-electron chi connectivity index (χ4n) is 2.88. The van der Waals surface area contributed by atoms with E-state index in [0.29, 0.717) is 12.0 Å².